The van der Waals surface area contributed by atoms with E-state index < -0.39 is 11.7 Å². The number of carbonyl (C=O) groups excluding carboxylic acids is 3. The van der Waals surface area contributed by atoms with E-state index in [4.69, 9.17) is 9.47 Å². The van der Waals surface area contributed by atoms with Gasteiger partial charge in [0.25, 0.3) is 0 Å². The van der Waals surface area contributed by atoms with E-state index in [2.05, 4.69) is 15.3 Å². The molecule has 0 bridgehead atoms. The zero-order chi connectivity index (χ0) is 25.8. The predicted octanol–water partition coefficient (Wildman–Crippen LogP) is 4.37. The molecule has 0 atom stereocenters. The number of amides is 2. The van der Waals surface area contributed by atoms with Crippen molar-refractivity contribution in [2.24, 2.45) is 0 Å². The Kier molecular flexibility index (Phi) is 8.23. The van der Waals surface area contributed by atoms with Crippen molar-refractivity contribution in [2.45, 2.75) is 52.6 Å². The Labute approximate surface area is 208 Å². The minimum absolute atomic E-state index is 0.168. The fourth-order valence-corrected chi connectivity index (χ4v) is 4.41. The van der Waals surface area contributed by atoms with Crippen molar-refractivity contribution in [1.29, 1.82) is 0 Å². The topological polar surface area (TPSA) is 131 Å². The monoisotopic (exact) mass is 502 g/mol. The van der Waals surface area contributed by atoms with Gasteiger partial charge >= 0.3 is 6.09 Å². The standard InChI is InChI=1S/C24H30N4O6S/c1-6-28(23(32)34-24(2,3)4)17-10-7-14(13-25-17)19(30)15-8-9-16-21(20(15)31)35-22(26-16)27-18(29)11-12-33-5/h7,10,13,30H,6,8-9,11-12H2,1-5H3,(H,26,27,29). The van der Waals surface area contributed by atoms with Crippen LogP contribution < -0.4 is 10.2 Å². The number of anilines is 2. The van der Waals surface area contributed by atoms with Crippen LogP contribution in [0.25, 0.3) is 5.76 Å². The molecule has 3 rings (SSSR count). The first-order valence-electron chi connectivity index (χ1n) is 11.3. The first-order chi connectivity index (χ1) is 16.5. The number of aliphatic hydroxyl groups is 1. The lowest BCUT2D eigenvalue weighted by atomic mass is 9.93. The summed E-state index contributed by atoms with van der Waals surface area (Å²) < 4.78 is 10.3. The molecular weight excluding hydrogens is 472 g/mol. The second-order valence-corrected chi connectivity index (χ2v) is 9.87. The van der Waals surface area contributed by atoms with Gasteiger partial charge in [0, 0.05) is 31.0 Å². The summed E-state index contributed by atoms with van der Waals surface area (Å²) in [6, 6.07) is 3.20. The molecule has 0 fully saturated rings. The molecule has 11 heteroatoms. The van der Waals surface area contributed by atoms with Crippen LogP contribution in [-0.2, 0) is 20.7 Å². The lowest BCUT2D eigenvalue weighted by molar-refractivity contribution is -0.117. The molecule has 35 heavy (non-hydrogen) atoms. The lowest BCUT2D eigenvalue weighted by Crippen LogP contribution is -2.37. The summed E-state index contributed by atoms with van der Waals surface area (Å²) in [7, 11) is 1.51. The molecule has 10 nitrogen and oxygen atoms in total. The number of nitrogens with one attached hydrogen (secondary N) is 1. The molecule has 0 aliphatic heterocycles. The van der Waals surface area contributed by atoms with E-state index in [1.165, 1.54) is 18.2 Å². The number of thiazole rings is 1. The maximum Gasteiger partial charge on any atom is 0.415 e. The second-order valence-electron chi connectivity index (χ2n) is 8.87. The van der Waals surface area contributed by atoms with Crippen LogP contribution in [0.5, 0.6) is 0 Å². The summed E-state index contributed by atoms with van der Waals surface area (Å²) in [6.07, 6.45) is 1.85. The molecule has 0 radical (unpaired) electrons. The molecule has 0 aromatic carbocycles. The van der Waals surface area contributed by atoms with Crippen LogP contribution in [-0.4, -0.2) is 58.7 Å². The Morgan fingerprint density at radius 2 is 2.00 bits per heavy atom. The van der Waals surface area contributed by atoms with Crippen LogP contribution in [0.3, 0.4) is 0 Å². The number of aromatic nitrogens is 2. The summed E-state index contributed by atoms with van der Waals surface area (Å²) in [6.45, 7) is 7.80. The van der Waals surface area contributed by atoms with E-state index in [0.29, 0.717) is 46.5 Å². The molecule has 2 N–H and O–H groups in total. The minimum Gasteiger partial charge on any atom is -0.507 e. The van der Waals surface area contributed by atoms with Crippen molar-refractivity contribution in [3.05, 3.63) is 40.0 Å². The van der Waals surface area contributed by atoms with Crippen molar-refractivity contribution in [2.75, 3.05) is 30.5 Å². The van der Waals surface area contributed by atoms with E-state index in [1.807, 2.05) is 0 Å². The van der Waals surface area contributed by atoms with Gasteiger partial charge in [0.05, 0.1) is 18.7 Å². The number of hydrogen-bond acceptors (Lipinski definition) is 9. The van der Waals surface area contributed by atoms with Crippen molar-refractivity contribution in [3.63, 3.8) is 0 Å². The number of methoxy groups -OCH3 is 1. The third kappa shape index (κ3) is 6.43. The molecule has 0 unspecified atom stereocenters. The quantitative estimate of drug-likeness (QED) is 0.421. The van der Waals surface area contributed by atoms with Gasteiger partial charge in [0.1, 0.15) is 22.1 Å². The number of fused-ring (bicyclic) bond motifs is 1. The number of allylic oxidation sites excluding steroid dienone is 1. The number of carbonyl (C=O) groups is 3. The molecule has 0 spiro atoms. The maximum atomic E-state index is 13.1. The Morgan fingerprint density at radius 1 is 1.26 bits per heavy atom. The van der Waals surface area contributed by atoms with Gasteiger partial charge < -0.3 is 19.9 Å². The molecular formula is C24H30N4O6S. The normalized spacial score (nSPS) is 14.8. The van der Waals surface area contributed by atoms with E-state index in [-0.39, 0.29) is 36.1 Å². The number of nitrogens with zero attached hydrogens (tertiary/aromatic N) is 3. The number of aryl methyl sites for hydroxylation is 1. The SMILES string of the molecule is CCN(C(=O)OC(C)(C)C)c1ccc(C(O)=C2CCc3nc(NC(=O)CCOC)sc3C2=O)cn1. The maximum absolute atomic E-state index is 13.1. The van der Waals surface area contributed by atoms with Crippen LogP contribution in [0.2, 0.25) is 0 Å². The first-order valence-corrected chi connectivity index (χ1v) is 12.1. The smallest absolute Gasteiger partial charge is 0.415 e. The number of ketones is 1. The summed E-state index contributed by atoms with van der Waals surface area (Å²) in [5, 5.41) is 13.9. The van der Waals surface area contributed by atoms with Crippen molar-refractivity contribution >= 4 is 45.8 Å². The number of Topliss-reactive ketones (excluding diaryl/α,β-unsaturated/α-hetero) is 1. The van der Waals surface area contributed by atoms with Gasteiger partial charge in [0.15, 0.2) is 5.13 Å². The van der Waals surface area contributed by atoms with Crippen molar-refractivity contribution in [1.82, 2.24) is 9.97 Å². The van der Waals surface area contributed by atoms with E-state index in [0.717, 1.165) is 11.3 Å². The largest absolute Gasteiger partial charge is 0.507 e. The summed E-state index contributed by atoms with van der Waals surface area (Å²) in [4.78, 5) is 47.9. The molecule has 2 amide bonds. The third-order valence-electron chi connectivity index (χ3n) is 5.08. The van der Waals surface area contributed by atoms with E-state index in [1.54, 1.807) is 39.8 Å². The number of rotatable bonds is 7. The summed E-state index contributed by atoms with van der Waals surface area (Å²) in [5.74, 6) is -0.370. The van der Waals surface area contributed by atoms with Gasteiger partial charge in [0.2, 0.25) is 11.7 Å². The van der Waals surface area contributed by atoms with Gasteiger partial charge in [-0.25, -0.2) is 14.8 Å². The predicted molar refractivity (Wildman–Crippen MR) is 133 cm³/mol. The Morgan fingerprint density at radius 3 is 2.60 bits per heavy atom. The van der Waals surface area contributed by atoms with Crippen molar-refractivity contribution in [3.8, 4) is 0 Å². The van der Waals surface area contributed by atoms with Crippen LogP contribution in [0.15, 0.2) is 23.9 Å². The van der Waals surface area contributed by atoms with Crippen LogP contribution >= 0.6 is 11.3 Å². The molecule has 0 saturated carbocycles. The highest BCUT2D eigenvalue weighted by Crippen LogP contribution is 2.35. The minimum atomic E-state index is -0.642. The highest BCUT2D eigenvalue weighted by Gasteiger charge is 2.30. The van der Waals surface area contributed by atoms with Gasteiger partial charge in [-0.05, 0) is 52.7 Å². The fourth-order valence-electron chi connectivity index (χ4n) is 3.41. The van der Waals surface area contributed by atoms with Crippen LogP contribution in [0, 0.1) is 0 Å². The molecule has 188 valence electrons. The highest BCUT2D eigenvalue weighted by atomic mass is 32.1. The summed E-state index contributed by atoms with van der Waals surface area (Å²) in [5.41, 5.74) is 0.574. The molecule has 1 aliphatic carbocycles. The zero-order valence-electron chi connectivity index (χ0n) is 20.5. The van der Waals surface area contributed by atoms with Gasteiger partial charge in [-0.15, -0.1) is 0 Å². The number of pyridine rings is 1. The summed E-state index contributed by atoms with van der Waals surface area (Å²) >= 11 is 1.09. The molecule has 2 heterocycles. The van der Waals surface area contributed by atoms with E-state index >= 15 is 0 Å². The molecule has 1 aliphatic rings. The van der Waals surface area contributed by atoms with Gasteiger partial charge in [-0.1, -0.05) is 11.3 Å². The Balaban J connectivity index is 1.78. The average molecular weight is 503 g/mol. The molecule has 2 aromatic heterocycles. The van der Waals surface area contributed by atoms with Crippen LogP contribution in [0.4, 0.5) is 15.7 Å². The number of aliphatic hydroxyl groups excluding tert-OH is 1. The molecule has 2 aromatic rings. The first kappa shape index (κ1) is 26.3. The number of ether oxygens (including phenoxy) is 2. The fraction of sp³-hybridized carbons (Fsp3) is 0.458. The highest BCUT2D eigenvalue weighted by molar-refractivity contribution is 7.18. The lowest BCUT2D eigenvalue weighted by Gasteiger charge is -2.26. The van der Waals surface area contributed by atoms with Crippen molar-refractivity contribution < 1.29 is 29.0 Å². The van der Waals surface area contributed by atoms with Crippen LogP contribution in [0.1, 0.15) is 61.5 Å². The Bertz CT molecular complexity index is 1130. The average Bonchev–Trinajstić information content (AvgIpc) is 3.20. The Hall–Kier alpha value is -3.31. The number of hydrogen-bond donors (Lipinski definition) is 2. The second kappa shape index (κ2) is 11.0. The van der Waals surface area contributed by atoms with E-state index in [9.17, 15) is 19.5 Å². The third-order valence-corrected chi connectivity index (χ3v) is 6.09. The van der Waals surface area contributed by atoms with Gasteiger partial charge in [-0.2, -0.15) is 0 Å². The molecule has 0 saturated heterocycles. The van der Waals surface area contributed by atoms with Gasteiger partial charge in [-0.3, -0.25) is 14.5 Å². The zero-order valence-corrected chi connectivity index (χ0v) is 21.3.